The molecule has 1 aliphatic heterocycles. The number of piperidine rings is 1. The Labute approximate surface area is 107 Å². The summed E-state index contributed by atoms with van der Waals surface area (Å²) >= 11 is 0. The van der Waals surface area contributed by atoms with Gasteiger partial charge in [-0.1, -0.05) is 13.3 Å². The Hall–Kier alpha value is -0.0800. The summed E-state index contributed by atoms with van der Waals surface area (Å²) in [5.41, 5.74) is 0. The number of nitrogens with one attached hydrogen (secondary N) is 1. The Balaban J connectivity index is 1.63. The summed E-state index contributed by atoms with van der Waals surface area (Å²) in [5.74, 6) is 0. The van der Waals surface area contributed by atoms with Gasteiger partial charge in [-0.05, 0) is 65.0 Å². The Morgan fingerprint density at radius 1 is 1.24 bits per heavy atom. The van der Waals surface area contributed by atoms with E-state index in [1.165, 1.54) is 64.5 Å². The van der Waals surface area contributed by atoms with Crippen LogP contribution in [0.2, 0.25) is 0 Å². The van der Waals surface area contributed by atoms with Crippen LogP contribution >= 0.6 is 0 Å². The summed E-state index contributed by atoms with van der Waals surface area (Å²) in [6.07, 6.45) is 11.2. The molecule has 2 unspecified atom stereocenters. The summed E-state index contributed by atoms with van der Waals surface area (Å²) in [5, 5.41) is 3.62. The van der Waals surface area contributed by atoms with Crippen molar-refractivity contribution in [2.75, 3.05) is 13.1 Å². The van der Waals surface area contributed by atoms with Gasteiger partial charge >= 0.3 is 0 Å². The molecule has 1 aliphatic carbocycles. The topological polar surface area (TPSA) is 15.3 Å². The summed E-state index contributed by atoms with van der Waals surface area (Å²) in [6, 6.07) is 2.54. The molecule has 100 valence electrons. The van der Waals surface area contributed by atoms with Crippen LogP contribution in [0, 0.1) is 0 Å². The molecule has 0 radical (unpaired) electrons. The first-order valence-electron chi connectivity index (χ1n) is 7.80. The molecule has 0 amide bonds. The Morgan fingerprint density at radius 2 is 2.06 bits per heavy atom. The lowest BCUT2D eigenvalue weighted by atomic mass is 9.97. The van der Waals surface area contributed by atoms with E-state index in [0.717, 1.165) is 18.1 Å². The Morgan fingerprint density at radius 3 is 2.76 bits per heavy atom. The number of likely N-dealkylation sites (tertiary alicyclic amines) is 1. The molecule has 0 aromatic heterocycles. The minimum Gasteiger partial charge on any atom is -0.314 e. The van der Waals surface area contributed by atoms with Crippen molar-refractivity contribution < 1.29 is 0 Å². The van der Waals surface area contributed by atoms with E-state index in [2.05, 4.69) is 24.1 Å². The van der Waals surface area contributed by atoms with Gasteiger partial charge in [0.2, 0.25) is 0 Å². The maximum absolute atomic E-state index is 3.62. The van der Waals surface area contributed by atoms with Crippen LogP contribution < -0.4 is 5.32 Å². The van der Waals surface area contributed by atoms with E-state index in [0.29, 0.717) is 0 Å². The predicted octanol–water partition coefficient (Wildman–Crippen LogP) is 3.17. The van der Waals surface area contributed by atoms with Crippen molar-refractivity contribution >= 4 is 0 Å². The molecule has 0 aromatic rings. The minimum absolute atomic E-state index is 0.793. The fraction of sp³-hybridized carbons (Fsp3) is 1.00. The van der Waals surface area contributed by atoms with Gasteiger partial charge in [-0.25, -0.2) is 0 Å². The highest BCUT2D eigenvalue weighted by molar-refractivity contribution is 4.82. The highest BCUT2D eigenvalue weighted by Gasteiger charge is 2.25. The fourth-order valence-electron chi connectivity index (χ4n) is 3.20. The molecule has 17 heavy (non-hydrogen) atoms. The summed E-state index contributed by atoms with van der Waals surface area (Å²) in [7, 11) is 0. The van der Waals surface area contributed by atoms with Crippen molar-refractivity contribution in [1.82, 2.24) is 10.2 Å². The molecule has 0 aromatic carbocycles. The van der Waals surface area contributed by atoms with E-state index < -0.39 is 0 Å². The maximum Gasteiger partial charge on any atom is 0.00954 e. The molecular formula is C15H30N2. The lowest BCUT2D eigenvalue weighted by molar-refractivity contribution is 0.0943. The van der Waals surface area contributed by atoms with Crippen molar-refractivity contribution in [3.63, 3.8) is 0 Å². The molecule has 2 fully saturated rings. The molecular weight excluding hydrogens is 208 g/mol. The van der Waals surface area contributed by atoms with Crippen molar-refractivity contribution in [3.05, 3.63) is 0 Å². The van der Waals surface area contributed by atoms with Crippen LogP contribution in [0.25, 0.3) is 0 Å². The van der Waals surface area contributed by atoms with E-state index >= 15 is 0 Å². The van der Waals surface area contributed by atoms with Crippen LogP contribution in [0.1, 0.15) is 65.2 Å². The molecule has 2 atom stereocenters. The quantitative estimate of drug-likeness (QED) is 0.685. The zero-order valence-corrected chi connectivity index (χ0v) is 11.8. The predicted molar refractivity (Wildman–Crippen MR) is 74.4 cm³/mol. The number of hydrogen-bond donors (Lipinski definition) is 1. The smallest absolute Gasteiger partial charge is 0.00954 e. The van der Waals surface area contributed by atoms with Crippen LogP contribution in [0.15, 0.2) is 0 Å². The van der Waals surface area contributed by atoms with E-state index in [1.54, 1.807) is 0 Å². The van der Waals surface area contributed by atoms with Crippen molar-refractivity contribution in [2.24, 2.45) is 0 Å². The van der Waals surface area contributed by atoms with Gasteiger partial charge < -0.3 is 5.32 Å². The van der Waals surface area contributed by atoms with Crippen LogP contribution in [0.4, 0.5) is 0 Å². The highest BCUT2D eigenvalue weighted by atomic mass is 15.2. The normalized spacial score (nSPS) is 28.2. The Bertz CT molecular complexity index is 213. The lowest BCUT2D eigenvalue weighted by Gasteiger charge is -2.39. The third-order valence-electron chi connectivity index (χ3n) is 4.52. The summed E-state index contributed by atoms with van der Waals surface area (Å²) in [6.45, 7) is 7.37. The molecule has 2 rings (SSSR count). The average molecular weight is 238 g/mol. The molecule has 1 saturated carbocycles. The van der Waals surface area contributed by atoms with Gasteiger partial charge in [-0.15, -0.1) is 0 Å². The van der Waals surface area contributed by atoms with Gasteiger partial charge in [-0.3, -0.25) is 4.90 Å². The van der Waals surface area contributed by atoms with Gasteiger partial charge in [0.1, 0.15) is 0 Å². The second-order valence-corrected chi connectivity index (χ2v) is 6.02. The van der Waals surface area contributed by atoms with Crippen molar-refractivity contribution in [1.29, 1.82) is 0 Å². The van der Waals surface area contributed by atoms with Gasteiger partial charge in [0, 0.05) is 18.1 Å². The maximum atomic E-state index is 3.62. The van der Waals surface area contributed by atoms with Crippen LogP contribution in [-0.2, 0) is 0 Å². The minimum atomic E-state index is 0.793. The number of nitrogens with zero attached hydrogens (tertiary/aromatic N) is 1. The third kappa shape index (κ3) is 4.26. The van der Waals surface area contributed by atoms with Gasteiger partial charge in [0.05, 0.1) is 0 Å². The molecule has 0 bridgehead atoms. The van der Waals surface area contributed by atoms with E-state index in [9.17, 15) is 0 Å². The summed E-state index contributed by atoms with van der Waals surface area (Å²) < 4.78 is 0. The molecule has 2 nitrogen and oxygen atoms in total. The molecule has 2 heteroatoms. The van der Waals surface area contributed by atoms with E-state index in [4.69, 9.17) is 0 Å². The first-order valence-corrected chi connectivity index (χ1v) is 7.80. The first kappa shape index (κ1) is 13.4. The van der Waals surface area contributed by atoms with E-state index in [-0.39, 0.29) is 0 Å². The summed E-state index contributed by atoms with van der Waals surface area (Å²) in [4.78, 5) is 2.78. The van der Waals surface area contributed by atoms with Crippen LogP contribution in [0.3, 0.4) is 0 Å². The molecule has 1 heterocycles. The third-order valence-corrected chi connectivity index (χ3v) is 4.52. The molecule has 1 saturated heterocycles. The monoisotopic (exact) mass is 238 g/mol. The van der Waals surface area contributed by atoms with Crippen molar-refractivity contribution in [3.8, 4) is 0 Å². The number of rotatable bonds is 7. The Kier molecular flexibility index (Phi) is 5.30. The SMILES string of the molecule is CCC1CCCCN1C(C)CCCNC1CC1. The first-order chi connectivity index (χ1) is 8.31. The second kappa shape index (κ2) is 6.75. The average Bonchev–Trinajstić information content (AvgIpc) is 3.18. The van der Waals surface area contributed by atoms with Gasteiger partial charge in [0.15, 0.2) is 0 Å². The van der Waals surface area contributed by atoms with Crippen LogP contribution in [-0.4, -0.2) is 36.1 Å². The van der Waals surface area contributed by atoms with Crippen LogP contribution in [0.5, 0.6) is 0 Å². The lowest BCUT2D eigenvalue weighted by Crippen LogP contribution is -2.44. The van der Waals surface area contributed by atoms with Gasteiger partial charge in [-0.2, -0.15) is 0 Å². The largest absolute Gasteiger partial charge is 0.314 e. The molecule has 0 spiro atoms. The fourth-order valence-corrected chi connectivity index (χ4v) is 3.20. The number of hydrogen-bond acceptors (Lipinski definition) is 2. The van der Waals surface area contributed by atoms with Crippen molar-refractivity contribution in [2.45, 2.75) is 83.3 Å². The zero-order valence-electron chi connectivity index (χ0n) is 11.8. The van der Waals surface area contributed by atoms with E-state index in [1.807, 2.05) is 0 Å². The van der Waals surface area contributed by atoms with Gasteiger partial charge in [0.25, 0.3) is 0 Å². The zero-order chi connectivity index (χ0) is 12.1. The highest BCUT2D eigenvalue weighted by Crippen LogP contribution is 2.23. The molecule has 1 N–H and O–H groups in total. The second-order valence-electron chi connectivity index (χ2n) is 6.02. The molecule has 2 aliphatic rings. The standard InChI is InChI=1S/C15H30N2/c1-3-15-8-4-5-12-17(15)13(2)7-6-11-16-14-9-10-14/h13-16H,3-12H2,1-2H3.